The number of aryl methyl sites for hydroxylation is 1. The number of nitrogens with zero attached hydrogens (tertiary/aromatic N) is 2. The monoisotopic (exact) mass is 498 g/mol. The highest BCUT2D eigenvalue weighted by Crippen LogP contribution is 2.33. The third-order valence-corrected chi connectivity index (χ3v) is 6.01. The molecule has 0 saturated heterocycles. The summed E-state index contributed by atoms with van der Waals surface area (Å²) in [5.41, 5.74) is -0.515. The average Bonchev–Trinajstić information content (AvgIpc) is 2.81. The number of carboxylic acids is 1. The number of methoxy groups -OCH3 is 2. The van der Waals surface area contributed by atoms with Gasteiger partial charge in [-0.2, -0.15) is 0 Å². The minimum absolute atomic E-state index is 0.0972. The van der Waals surface area contributed by atoms with Gasteiger partial charge in [-0.25, -0.2) is 0 Å². The summed E-state index contributed by atoms with van der Waals surface area (Å²) in [5.74, 6) is -2.93. The van der Waals surface area contributed by atoms with Crippen molar-refractivity contribution < 1.29 is 29.3 Å². The Balaban J connectivity index is 2.41. The van der Waals surface area contributed by atoms with Crippen molar-refractivity contribution in [3.63, 3.8) is 0 Å². The summed E-state index contributed by atoms with van der Waals surface area (Å²) in [6, 6.07) is 8.06. The molecule has 0 spiro atoms. The molecular weight excluding hydrogens is 468 g/mol. The minimum Gasteiger partial charge on any atom is -0.507 e. The van der Waals surface area contributed by atoms with Crippen LogP contribution in [0.5, 0.6) is 11.5 Å². The van der Waals surface area contributed by atoms with Gasteiger partial charge in [-0.15, -0.1) is 0 Å². The van der Waals surface area contributed by atoms with Gasteiger partial charge in [0.1, 0.15) is 18.0 Å². The second-order valence-corrected chi connectivity index (χ2v) is 9.04. The summed E-state index contributed by atoms with van der Waals surface area (Å²) in [7, 11) is 2.70. The summed E-state index contributed by atoms with van der Waals surface area (Å²) < 4.78 is 12.7. The van der Waals surface area contributed by atoms with Gasteiger partial charge in [0, 0.05) is 29.1 Å². The number of carbonyl (C=O) groups is 2. The molecule has 1 atom stereocenters. The minimum atomic E-state index is -1.25. The van der Waals surface area contributed by atoms with Crippen molar-refractivity contribution in [1.29, 1.82) is 0 Å². The second kappa shape index (κ2) is 10.7. The fourth-order valence-corrected chi connectivity index (χ4v) is 4.36. The summed E-state index contributed by atoms with van der Waals surface area (Å²) in [5, 5.41) is 20.7. The fraction of sp³-hybridized carbons (Fsp3) is 0.385. The molecule has 2 N–H and O–H groups in total. The number of aliphatic carboxylic acids is 1. The van der Waals surface area contributed by atoms with Crippen molar-refractivity contribution in [3.05, 3.63) is 67.9 Å². The standard InChI is InChI=1S/C26H30N2O8/c1-14(2)12-28-20-7-6-17(35-4)9-16(20)10-19(25(28)33)18(11-23(32)36-5)24-21(29)8-15(3)27(26(24)34)13-22(30)31/h6-10,14,18,29H,11-13H2,1-5H3,(H,30,31). The highest BCUT2D eigenvalue weighted by Gasteiger charge is 2.30. The SMILES string of the molecule is COC(=O)CC(c1c(O)cc(C)n(CC(=O)O)c1=O)c1cc2cc(OC)ccc2n(CC(C)C)c1=O. The van der Waals surface area contributed by atoms with Gasteiger partial charge in [0.05, 0.1) is 31.7 Å². The predicted molar refractivity (Wildman–Crippen MR) is 133 cm³/mol. The predicted octanol–water partition coefficient (Wildman–Crippen LogP) is 2.62. The Morgan fingerprint density at radius 2 is 1.72 bits per heavy atom. The molecule has 0 amide bonds. The lowest BCUT2D eigenvalue weighted by Gasteiger charge is -2.22. The zero-order chi connectivity index (χ0) is 26.7. The Morgan fingerprint density at radius 3 is 2.31 bits per heavy atom. The third kappa shape index (κ3) is 5.27. The lowest BCUT2D eigenvalue weighted by Crippen LogP contribution is -2.34. The van der Waals surface area contributed by atoms with Crippen LogP contribution in [-0.2, 0) is 27.4 Å². The van der Waals surface area contributed by atoms with Crippen molar-refractivity contribution in [2.24, 2.45) is 5.92 Å². The van der Waals surface area contributed by atoms with Crippen LogP contribution in [0.1, 0.15) is 43.0 Å². The Kier molecular flexibility index (Phi) is 7.87. The Hall–Kier alpha value is -4.08. The molecule has 36 heavy (non-hydrogen) atoms. The van der Waals surface area contributed by atoms with Crippen molar-refractivity contribution >= 4 is 22.8 Å². The Labute approximate surface area is 207 Å². The van der Waals surface area contributed by atoms with Crippen molar-refractivity contribution in [2.45, 2.75) is 46.2 Å². The molecule has 192 valence electrons. The van der Waals surface area contributed by atoms with E-state index in [0.29, 0.717) is 23.2 Å². The van der Waals surface area contributed by atoms with Gasteiger partial charge >= 0.3 is 11.9 Å². The number of ether oxygens (including phenoxy) is 2. The number of aromatic hydroxyl groups is 1. The topological polar surface area (TPSA) is 137 Å². The first kappa shape index (κ1) is 26.5. The maximum Gasteiger partial charge on any atom is 0.323 e. The van der Waals surface area contributed by atoms with E-state index in [1.807, 2.05) is 13.8 Å². The van der Waals surface area contributed by atoms with Gasteiger partial charge in [0.25, 0.3) is 11.1 Å². The second-order valence-electron chi connectivity index (χ2n) is 9.04. The number of hydrogen-bond donors (Lipinski definition) is 2. The molecule has 0 aliphatic rings. The molecule has 2 aromatic heterocycles. The molecule has 0 radical (unpaired) electrons. The number of benzene rings is 1. The molecule has 0 aliphatic heterocycles. The normalized spacial score (nSPS) is 12.1. The number of pyridine rings is 2. The van der Waals surface area contributed by atoms with E-state index in [2.05, 4.69) is 0 Å². The van der Waals surface area contributed by atoms with Crippen molar-refractivity contribution in [1.82, 2.24) is 9.13 Å². The van der Waals surface area contributed by atoms with Crippen LogP contribution in [-0.4, -0.2) is 45.5 Å². The van der Waals surface area contributed by atoms with Crippen molar-refractivity contribution in [2.75, 3.05) is 14.2 Å². The van der Waals surface area contributed by atoms with E-state index in [-0.39, 0.29) is 22.7 Å². The molecule has 3 rings (SSSR count). The maximum absolute atomic E-state index is 13.8. The lowest BCUT2D eigenvalue weighted by atomic mass is 9.88. The van der Waals surface area contributed by atoms with Gasteiger partial charge in [-0.05, 0) is 43.2 Å². The molecule has 0 fully saturated rings. The molecule has 10 nitrogen and oxygen atoms in total. The van der Waals surface area contributed by atoms with E-state index < -0.39 is 47.7 Å². The zero-order valence-corrected chi connectivity index (χ0v) is 20.9. The zero-order valence-electron chi connectivity index (χ0n) is 20.9. The summed E-state index contributed by atoms with van der Waals surface area (Å²) in [4.78, 5) is 51.0. The van der Waals surface area contributed by atoms with Crippen LogP contribution < -0.4 is 15.9 Å². The molecule has 3 aromatic rings. The summed E-state index contributed by atoms with van der Waals surface area (Å²) in [6.45, 7) is 5.12. The molecule has 2 heterocycles. The van der Waals surface area contributed by atoms with E-state index in [0.717, 1.165) is 4.57 Å². The van der Waals surface area contributed by atoms with E-state index >= 15 is 0 Å². The van der Waals surface area contributed by atoms with Gasteiger partial charge in [-0.3, -0.25) is 19.2 Å². The number of fused-ring (bicyclic) bond motifs is 1. The van der Waals surface area contributed by atoms with Crippen LogP contribution in [0.3, 0.4) is 0 Å². The van der Waals surface area contributed by atoms with Crippen LogP contribution in [0.15, 0.2) is 39.9 Å². The number of esters is 1. The first-order chi connectivity index (χ1) is 17.0. The first-order valence-corrected chi connectivity index (χ1v) is 11.4. The first-order valence-electron chi connectivity index (χ1n) is 11.4. The highest BCUT2D eigenvalue weighted by atomic mass is 16.5. The van der Waals surface area contributed by atoms with E-state index in [4.69, 9.17) is 9.47 Å². The van der Waals surface area contributed by atoms with Crippen LogP contribution in [0.2, 0.25) is 0 Å². The number of aromatic nitrogens is 2. The summed E-state index contributed by atoms with van der Waals surface area (Å²) >= 11 is 0. The van der Waals surface area contributed by atoms with Crippen LogP contribution in [0.25, 0.3) is 10.9 Å². The Bertz CT molecular complexity index is 1430. The maximum atomic E-state index is 13.8. The molecule has 1 unspecified atom stereocenters. The molecule has 0 bridgehead atoms. The lowest BCUT2D eigenvalue weighted by molar-refractivity contribution is -0.141. The molecule has 0 aliphatic carbocycles. The average molecular weight is 499 g/mol. The van der Waals surface area contributed by atoms with Gasteiger partial charge in [-0.1, -0.05) is 13.8 Å². The Morgan fingerprint density at radius 1 is 1.03 bits per heavy atom. The quantitative estimate of drug-likeness (QED) is 0.430. The van der Waals surface area contributed by atoms with E-state index in [1.54, 1.807) is 28.8 Å². The molecule has 0 saturated carbocycles. The largest absolute Gasteiger partial charge is 0.507 e. The van der Waals surface area contributed by atoms with Gasteiger partial charge < -0.3 is 28.8 Å². The van der Waals surface area contributed by atoms with Gasteiger partial charge in [0.2, 0.25) is 0 Å². The number of hydrogen-bond acceptors (Lipinski definition) is 7. The van der Waals surface area contributed by atoms with Crippen molar-refractivity contribution in [3.8, 4) is 11.5 Å². The van der Waals surface area contributed by atoms with Gasteiger partial charge in [0.15, 0.2) is 0 Å². The summed E-state index contributed by atoms with van der Waals surface area (Å²) in [6.07, 6.45) is -0.415. The van der Waals surface area contributed by atoms with E-state index in [9.17, 15) is 29.4 Å². The molecule has 10 heteroatoms. The van der Waals surface area contributed by atoms with Crippen LogP contribution >= 0.6 is 0 Å². The molecule has 1 aromatic carbocycles. The van der Waals surface area contributed by atoms with Crippen LogP contribution in [0.4, 0.5) is 0 Å². The fourth-order valence-electron chi connectivity index (χ4n) is 4.36. The number of carboxylic acid groups (broad SMARTS) is 1. The highest BCUT2D eigenvalue weighted by molar-refractivity contribution is 5.82. The smallest absolute Gasteiger partial charge is 0.323 e. The number of carbonyl (C=O) groups excluding carboxylic acids is 1. The third-order valence-electron chi connectivity index (χ3n) is 6.01. The van der Waals surface area contributed by atoms with Crippen LogP contribution in [0, 0.1) is 12.8 Å². The van der Waals surface area contributed by atoms with E-state index in [1.165, 1.54) is 27.2 Å². The molecular formula is C26H30N2O8. The number of rotatable bonds is 9.